The first-order valence-electron chi connectivity index (χ1n) is 5.91. The molecule has 6 heteroatoms. The number of aliphatic hydroxyl groups excluding tert-OH is 1. The standard InChI is InChI=1S/C13H18N2O3S/c1-9(6-16)7-19-8-12(17)15-11-4-2-10(3-5-11)13(14)18/h2-5,9,16H,6-8H2,1H3,(H2,14,18)(H,15,17). The molecule has 0 heterocycles. The number of thioether (sulfide) groups is 1. The maximum Gasteiger partial charge on any atom is 0.248 e. The zero-order chi connectivity index (χ0) is 14.3. The third-order valence-electron chi connectivity index (χ3n) is 2.40. The highest BCUT2D eigenvalue weighted by molar-refractivity contribution is 7.99. The molecule has 0 saturated heterocycles. The van der Waals surface area contributed by atoms with Gasteiger partial charge in [-0.1, -0.05) is 6.92 Å². The molecule has 0 aliphatic carbocycles. The van der Waals surface area contributed by atoms with E-state index in [1.54, 1.807) is 24.3 Å². The van der Waals surface area contributed by atoms with Crippen molar-refractivity contribution in [2.24, 2.45) is 11.7 Å². The molecule has 5 nitrogen and oxygen atoms in total. The molecular formula is C13H18N2O3S. The normalized spacial score (nSPS) is 11.9. The van der Waals surface area contributed by atoms with E-state index >= 15 is 0 Å². The Morgan fingerprint density at radius 1 is 1.37 bits per heavy atom. The Morgan fingerprint density at radius 2 is 2.00 bits per heavy atom. The van der Waals surface area contributed by atoms with Crippen LogP contribution in [0.15, 0.2) is 24.3 Å². The number of carbonyl (C=O) groups is 2. The van der Waals surface area contributed by atoms with E-state index in [1.807, 2.05) is 6.92 Å². The van der Waals surface area contributed by atoms with Crippen LogP contribution in [0.4, 0.5) is 5.69 Å². The van der Waals surface area contributed by atoms with Gasteiger partial charge in [-0.3, -0.25) is 9.59 Å². The van der Waals surface area contributed by atoms with E-state index in [4.69, 9.17) is 10.8 Å². The Labute approximate surface area is 116 Å². The van der Waals surface area contributed by atoms with Crippen molar-refractivity contribution in [1.82, 2.24) is 0 Å². The van der Waals surface area contributed by atoms with Gasteiger partial charge < -0.3 is 16.2 Å². The molecule has 0 spiro atoms. The van der Waals surface area contributed by atoms with Gasteiger partial charge in [0.25, 0.3) is 0 Å². The summed E-state index contributed by atoms with van der Waals surface area (Å²) in [5.41, 5.74) is 6.16. The van der Waals surface area contributed by atoms with Crippen LogP contribution in [0.2, 0.25) is 0 Å². The molecule has 0 radical (unpaired) electrons. The summed E-state index contributed by atoms with van der Waals surface area (Å²) < 4.78 is 0. The Kier molecular flexibility index (Phi) is 6.38. The summed E-state index contributed by atoms with van der Waals surface area (Å²) in [4.78, 5) is 22.5. The number of primary amides is 1. The summed E-state index contributed by atoms with van der Waals surface area (Å²) in [7, 11) is 0. The van der Waals surface area contributed by atoms with Crippen molar-refractivity contribution >= 4 is 29.3 Å². The zero-order valence-electron chi connectivity index (χ0n) is 10.8. The maximum atomic E-state index is 11.6. The van der Waals surface area contributed by atoms with Gasteiger partial charge in [-0.2, -0.15) is 11.8 Å². The molecule has 19 heavy (non-hydrogen) atoms. The summed E-state index contributed by atoms with van der Waals surface area (Å²) in [5.74, 6) is 0.660. The van der Waals surface area contributed by atoms with Crippen molar-refractivity contribution in [3.63, 3.8) is 0 Å². The first kappa shape index (κ1) is 15.5. The van der Waals surface area contributed by atoms with Crippen molar-refractivity contribution in [3.8, 4) is 0 Å². The zero-order valence-corrected chi connectivity index (χ0v) is 11.6. The van der Waals surface area contributed by atoms with Crippen molar-refractivity contribution in [2.45, 2.75) is 6.92 Å². The van der Waals surface area contributed by atoms with Crippen molar-refractivity contribution < 1.29 is 14.7 Å². The second-order valence-electron chi connectivity index (χ2n) is 4.29. The molecule has 0 bridgehead atoms. The minimum atomic E-state index is -0.494. The summed E-state index contributed by atoms with van der Waals surface area (Å²) in [6.45, 7) is 2.05. The van der Waals surface area contributed by atoms with Crippen LogP contribution in [0.25, 0.3) is 0 Å². The van der Waals surface area contributed by atoms with Crippen LogP contribution in [-0.4, -0.2) is 35.0 Å². The fraction of sp³-hybridized carbons (Fsp3) is 0.385. The van der Waals surface area contributed by atoms with Crippen LogP contribution in [-0.2, 0) is 4.79 Å². The van der Waals surface area contributed by atoms with Crippen LogP contribution >= 0.6 is 11.8 Å². The van der Waals surface area contributed by atoms with E-state index in [0.717, 1.165) is 5.75 Å². The van der Waals surface area contributed by atoms with Gasteiger partial charge in [-0.15, -0.1) is 0 Å². The Balaban J connectivity index is 2.38. The number of nitrogens with one attached hydrogen (secondary N) is 1. The van der Waals surface area contributed by atoms with E-state index in [9.17, 15) is 9.59 Å². The molecule has 0 fully saturated rings. The lowest BCUT2D eigenvalue weighted by atomic mass is 10.2. The number of carbonyl (C=O) groups excluding carboxylic acids is 2. The van der Waals surface area contributed by atoms with E-state index in [-0.39, 0.29) is 18.4 Å². The number of anilines is 1. The van der Waals surface area contributed by atoms with Crippen molar-refractivity contribution in [2.75, 3.05) is 23.4 Å². The number of rotatable bonds is 7. The molecule has 1 rings (SSSR count). The molecular weight excluding hydrogens is 264 g/mol. The monoisotopic (exact) mass is 282 g/mol. The minimum Gasteiger partial charge on any atom is -0.396 e. The first-order chi connectivity index (χ1) is 9.02. The topological polar surface area (TPSA) is 92.4 Å². The van der Waals surface area contributed by atoms with Crippen molar-refractivity contribution in [1.29, 1.82) is 0 Å². The van der Waals surface area contributed by atoms with Gasteiger partial charge in [0.15, 0.2) is 0 Å². The van der Waals surface area contributed by atoms with Crippen LogP contribution in [0, 0.1) is 5.92 Å². The Morgan fingerprint density at radius 3 is 2.53 bits per heavy atom. The highest BCUT2D eigenvalue weighted by Gasteiger charge is 2.06. The average Bonchev–Trinajstić information content (AvgIpc) is 2.39. The summed E-state index contributed by atoms with van der Waals surface area (Å²) in [6.07, 6.45) is 0. The number of hydrogen-bond acceptors (Lipinski definition) is 4. The molecule has 1 aromatic carbocycles. The lowest BCUT2D eigenvalue weighted by Crippen LogP contribution is -2.16. The summed E-state index contributed by atoms with van der Waals surface area (Å²) >= 11 is 1.48. The lowest BCUT2D eigenvalue weighted by molar-refractivity contribution is -0.113. The third-order valence-corrected chi connectivity index (χ3v) is 3.67. The molecule has 0 aromatic heterocycles. The van der Waals surface area contributed by atoms with E-state index in [1.165, 1.54) is 11.8 Å². The summed E-state index contributed by atoms with van der Waals surface area (Å²) in [6, 6.07) is 6.41. The van der Waals surface area contributed by atoms with Gasteiger partial charge in [-0.05, 0) is 35.9 Å². The number of benzene rings is 1. The van der Waals surface area contributed by atoms with Gasteiger partial charge in [-0.25, -0.2) is 0 Å². The number of nitrogens with two attached hydrogens (primary N) is 1. The molecule has 1 unspecified atom stereocenters. The molecule has 0 saturated carbocycles. The molecule has 1 atom stereocenters. The molecule has 1 aromatic rings. The number of aliphatic hydroxyl groups is 1. The fourth-order valence-corrected chi connectivity index (χ4v) is 2.20. The van der Waals surface area contributed by atoms with E-state index < -0.39 is 5.91 Å². The summed E-state index contributed by atoms with van der Waals surface area (Å²) in [5, 5.41) is 11.6. The molecule has 0 aliphatic heterocycles. The fourth-order valence-electron chi connectivity index (χ4n) is 1.32. The van der Waals surface area contributed by atoms with Crippen LogP contribution in [0.5, 0.6) is 0 Å². The first-order valence-corrected chi connectivity index (χ1v) is 7.06. The predicted octanol–water partition coefficient (Wildman–Crippen LogP) is 1.09. The van der Waals surface area contributed by atoms with Gasteiger partial charge in [0.1, 0.15) is 0 Å². The van der Waals surface area contributed by atoms with Gasteiger partial charge >= 0.3 is 0 Å². The molecule has 4 N–H and O–H groups in total. The highest BCUT2D eigenvalue weighted by atomic mass is 32.2. The van der Waals surface area contributed by atoms with Gasteiger partial charge in [0.05, 0.1) is 5.75 Å². The van der Waals surface area contributed by atoms with Crippen LogP contribution in [0.1, 0.15) is 17.3 Å². The minimum absolute atomic E-state index is 0.109. The second-order valence-corrected chi connectivity index (χ2v) is 5.32. The van der Waals surface area contributed by atoms with Crippen LogP contribution in [0.3, 0.4) is 0 Å². The largest absolute Gasteiger partial charge is 0.396 e. The molecule has 104 valence electrons. The molecule has 2 amide bonds. The van der Waals surface area contributed by atoms with Crippen LogP contribution < -0.4 is 11.1 Å². The number of amides is 2. The lowest BCUT2D eigenvalue weighted by Gasteiger charge is -2.08. The second kappa shape index (κ2) is 7.81. The maximum absolute atomic E-state index is 11.6. The van der Waals surface area contributed by atoms with Crippen molar-refractivity contribution in [3.05, 3.63) is 29.8 Å². The number of hydrogen-bond donors (Lipinski definition) is 3. The Hall–Kier alpha value is -1.53. The third kappa shape index (κ3) is 5.76. The predicted molar refractivity (Wildman–Crippen MR) is 77.2 cm³/mol. The average molecular weight is 282 g/mol. The smallest absolute Gasteiger partial charge is 0.248 e. The highest BCUT2D eigenvalue weighted by Crippen LogP contribution is 2.11. The van der Waals surface area contributed by atoms with Gasteiger partial charge in [0.2, 0.25) is 11.8 Å². The Bertz CT molecular complexity index is 434. The SMILES string of the molecule is CC(CO)CSCC(=O)Nc1ccc(C(N)=O)cc1. The quantitative estimate of drug-likeness (QED) is 0.698. The van der Waals surface area contributed by atoms with Gasteiger partial charge in [0, 0.05) is 17.9 Å². The molecule has 0 aliphatic rings. The van der Waals surface area contributed by atoms with E-state index in [0.29, 0.717) is 17.0 Å². The van der Waals surface area contributed by atoms with E-state index in [2.05, 4.69) is 5.32 Å².